The Morgan fingerprint density at radius 3 is 2.26 bits per heavy atom. The van der Waals surface area contributed by atoms with Crippen molar-refractivity contribution in [3.63, 3.8) is 0 Å². The molecular formula is C16H16N2O5. The van der Waals surface area contributed by atoms with Crippen LogP contribution in [0.3, 0.4) is 0 Å². The first kappa shape index (κ1) is 16.4. The van der Waals surface area contributed by atoms with Gasteiger partial charge in [-0.25, -0.2) is 0 Å². The van der Waals surface area contributed by atoms with Gasteiger partial charge in [0.25, 0.3) is 0 Å². The van der Waals surface area contributed by atoms with Gasteiger partial charge in [-0.15, -0.1) is 4.91 Å². The number of aryl methyl sites for hydroxylation is 2. The van der Waals surface area contributed by atoms with E-state index in [0.29, 0.717) is 5.75 Å². The molecule has 2 aromatic carbocycles. The first-order chi connectivity index (χ1) is 11.0. The molecule has 0 spiro atoms. The molecule has 7 heteroatoms. The zero-order valence-electron chi connectivity index (χ0n) is 12.8. The van der Waals surface area contributed by atoms with E-state index in [1.807, 2.05) is 13.8 Å². The predicted molar refractivity (Wildman–Crippen MR) is 85.5 cm³/mol. The average molecular weight is 316 g/mol. The van der Waals surface area contributed by atoms with Gasteiger partial charge in [-0.1, -0.05) is 12.1 Å². The van der Waals surface area contributed by atoms with Crippen molar-refractivity contribution in [2.24, 2.45) is 5.18 Å². The molecule has 0 amide bonds. The summed E-state index contributed by atoms with van der Waals surface area (Å²) in [6, 6.07) is 9.73. The van der Waals surface area contributed by atoms with E-state index in [4.69, 9.17) is 9.47 Å². The molecule has 0 saturated carbocycles. The summed E-state index contributed by atoms with van der Waals surface area (Å²) in [6.45, 7) is 3.91. The van der Waals surface area contributed by atoms with Gasteiger partial charge in [0, 0.05) is 6.07 Å². The average Bonchev–Trinajstić information content (AvgIpc) is 2.52. The highest BCUT2D eigenvalue weighted by Crippen LogP contribution is 2.29. The standard InChI is InChI=1S/C16H16N2O5/c1-11-4-6-15(13(9-11)17-19)22-7-8-23-16-10-12(2)3-5-14(16)18(20)21/h3-6,9-10H,7-8H2,1-2H3. The number of ether oxygens (including phenoxy) is 2. The predicted octanol–water partition coefficient (Wildman–Crippen LogP) is 4.07. The van der Waals surface area contributed by atoms with Crippen LogP contribution in [-0.4, -0.2) is 18.1 Å². The third-order valence-electron chi connectivity index (χ3n) is 3.12. The normalized spacial score (nSPS) is 10.2. The van der Waals surface area contributed by atoms with Gasteiger partial charge >= 0.3 is 5.69 Å². The van der Waals surface area contributed by atoms with Gasteiger partial charge in [0.05, 0.1) is 4.92 Å². The van der Waals surface area contributed by atoms with Crippen LogP contribution in [0.15, 0.2) is 41.6 Å². The first-order valence-corrected chi connectivity index (χ1v) is 6.96. The second kappa shape index (κ2) is 7.35. The van der Waals surface area contributed by atoms with Crippen molar-refractivity contribution in [2.45, 2.75) is 13.8 Å². The molecule has 0 atom stereocenters. The van der Waals surface area contributed by atoms with E-state index in [-0.39, 0.29) is 30.3 Å². The number of benzene rings is 2. The van der Waals surface area contributed by atoms with Gasteiger partial charge < -0.3 is 9.47 Å². The highest BCUT2D eigenvalue weighted by molar-refractivity contribution is 5.53. The smallest absolute Gasteiger partial charge is 0.310 e. The Kier molecular flexibility index (Phi) is 5.24. The summed E-state index contributed by atoms with van der Waals surface area (Å²) < 4.78 is 10.9. The zero-order chi connectivity index (χ0) is 16.8. The molecule has 2 rings (SSSR count). The molecule has 0 bridgehead atoms. The molecule has 0 fully saturated rings. The molecule has 0 aromatic heterocycles. The molecule has 7 nitrogen and oxygen atoms in total. The third kappa shape index (κ3) is 4.26. The summed E-state index contributed by atoms with van der Waals surface area (Å²) in [5.74, 6) is 0.546. The molecule has 2 aromatic rings. The van der Waals surface area contributed by atoms with Crippen LogP contribution in [0, 0.1) is 28.9 Å². The molecule has 0 aliphatic rings. The van der Waals surface area contributed by atoms with E-state index in [1.165, 1.54) is 6.07 Å². The topological polar surface area (TPSA) is 91.0 Å². The minimum atomic E-state index is -0.496. The number of hydrogen-bond acceptors (Lipinski definition) is 6. The minimum Gasteiger partial charge on any atom is -0.488 e. The fourth-order valence-corrected chi connectivity index (χ4v) is 2.01. The lowest BCUT2D eigenvalue weighted by Crippen LogP contribution is -2.10. The van der Waals surface area contributed by atoms with E-state index in [1.54, 1.807) is 30.3 Å². The highest BCUT2D eigenvalue weighted by Gasteiger charge is 2.14. The summed E-state index contributed by atoms with van der Waals surface area (Å²) in [5, 5.41) is 13.9. The summed E-state index contributed by atoms with van der Waals surface area (Å²) >= 11 is 0. The van der Waals surface area contributed by atoms with Crippen molar-refractivity contribution < 1.29 is 14.4 Å². The summed E-state index contributed by atoms with van der Waals surface area (Å²) in [6.07, 6.45) is 0. The van der Waals surface area contributed by atoms with Crippen LogP contribution in [0.25, 0.3) is 0 Å². The fourth-order valence-electron chi connectivity index (χ4n) is 2.01. The first-order valence-electron chi connectivity index (χ1n) is 6.96. The van der Waals surface area contributed by atoms with Crippen molar-refractivity contribution in [1.29, 1.82) is 0 Å². The van der Waals surface area contributed by atoms with E-state index in [9.17, 15) is 15.0 Å². The fraction of sp³-hybridized carbons (Fsp3) is 0.250. The van der Waals surface area contributed by atoms with Gasteiger partial charge in [0.2, 0.25) is 0 Å². The maximum absolute atomic E-state index is 10.9. The zero-order valence-corrected chi connectivity index (χ0v) is 12.8. The maximum Gasteiger partial charge on any atom is 0.310 e. The Labute approximate surface area is 133 Å². The number of nitro groups is 1. The van der Waals surface area contributed by atoms with Crippen molar-refractivity contribution in [3.8, 4) is 11.5 Å². The Morgan fingerprint density at radius 2 is 1.61 bits per heavy atom. The van der Waals surface area contributed by atoms with Crippen LogP contribution >= 0.6 is 0 Å². The molecule has 0 saturated heterocycles. The molecule has 0 radical (unpaired) electrons. The largest absolute Gasteiger partial charge is 0.488 e. The second-order valence-electron chi connectivity index (χ2n) is 4.99. The van der Waals surface area contributed by atoms with Gasteiger partial charge in [0.1, 0.15) is 24.7 Å². The molecular weight excluding hydrogens is 300 g/mol. The van der Waals surface area contributed by atoms with Crippen LogP contribution < -0.4 is 9.47 Å². The maximum atomic E-state index is 10.9. The van der Waals surface area contributed by atoms with Crippen LogP contribution in [0.5, 0.6) is 11.5 Å². The van der Waals surface area contributed by atoms with E-state index in [2.05, 4.69) is 5.18 Å². The molecule has 0 unspecified atom stereocenters. The summed E-state index contributed by atoms with van der Waals surface area (Å²) in [7, 11) is 0. The van der Waals surface area contributed by atoms with Gasteiger partial charge in [-0.05, 0) is 48.4 Å². The number of nitroso groups, excluding NO2 is 1. The summed E-state index contributed by atoms with van der Waals surface area (Å²) in [5.41, 5.74) is 1.88. The number of nitro benzene ring substituents is 1. The molecule has 0 aliphatic carbocycles. The van der Waals surface area contributed by atoms with Crippen LogP contribution in [0.2, 0.25) is 0 Å². The Balaban J connectivity index is 1.97. The lowest BCUT2D eigenvalue weighted by atomic mass is 10.2. The summed E-state index contributed by atoms with van der Waals surface area (Å²) in [4.78, 5) is 21.2. The van der Waals surface area contributed by atoms with E-state index in [0.717, 1.165) is 11.1 Å². The molecule has 0 N–H and O–H groups in total. The Morgan fingerprint density at radius 1 is 1.00 bits per heavy atom. The van der Waals surface area contributed by atoms with E-state index >= 15 is 0 Å². The number of hydrogen-bond donors (Lipinski definition) is 0. The number of rotatable bonds is 7. The lowest BCUT2D eigenvalue weighted by molar-refractivity contribution is -0.385. The monoisotopic (exact) mass is 316 g/mol. The quantitative estimate of drug-likeness (QED) is 0.332. The van der Waals surface area contributed by atoms with Crippen molar-refractivity contribution in [1.82, 2.24) is 0 Å². The van der Waals surface area contributed by atoms with Crippen molar-refractivity contribution in [3.05, 3.63) is 62.5 Å². The molecule has 0 aliphatic heterocycles. The second-order valence-corrected chi connectivity index (χ2v) is 4.99. The van der Waals surface area contributed by atoms with Crippen molar-refractivity contribution >= 4 is 11.4 Å². The Hall–Kier alpha value is -2.96. The van der Waals surface area contributed by atoms with Crippen molar-refractivity contribution in [2.75, 3.05) is 13.2 Å². The van der Waals surface area contributed by atoms with Crippen LogP contribution in [-0.2, 0) is 0 Å². The van der Waals surface area contributed by atoms with E-state index < -0.39 is 4.92 Å². The lowest BCUT2D eigenvalue weighted by Gasteiger charge is -2.10. The van der Waals surface area contributed by atoms with Crippen LogP contribution in [0.1, 0.15) is 11.1 Å². The van der Waals surface area contributed by atoms with Gasteiger partial charge in [-0.2, -0.15) is 0 Å². The van der Waals surface area contributed by atoms with Gasteiger partial charge in [-0.3, -0.25) is 10.1 Å². The molecule has 120 valence electrons. The number of nitrogens with zero attached hydrogens (tertiary/aromatic N) is 2. The SMILES string of the molecule is Cc1ccc(OCCOc2cc(C)ccc2[N+](=O)[O-])c(N=O)c1. The molecule has 0 heterocycles. The Bertz CT molecular complexity index is 730. The highest BCUT2D eigenvalue weighted by atomic mass is 16.6. The molecule has 23 heavy (non-hydrogen) atoms. The van der Waals surface area contributed by atoms with Gasteiger partial charge in [0.15, 0.2) is 5.75 Å². The van der Waals surface area contributed by atoms with Crippen LogP contribution in [0.4, 0.5) is 11.4 Å². The third-order valence-corrected chi connectivity index (χ3v) is 3.12. The minimum absolute atomic E-state index is 0.0961.